The fraction of sp³-hybridized carbons (Fsp3) is 1.00. The first-order valence-electron chi connectivity index (χ1n) is 9.21. The maximum Gasteiger partial charge on any atom is 0.339 e. The molecule has 4 atom stereocenters. The van der Waals surface area contributed by atoms with Gasteiger partial charge in [-0.2, -0.15) is 0 Å². The lowest BCUT2D eigenvalue weighted by molar-refractivity contribution is -0.0301. The van der Waals surface area contributed by atoms with Gasteiger partial charge < -0.3 is 40.4 Å². The summed E-state index contributed by atoms with van der Waals surface area (Å²) in [6.07, 6.45) is -2.88. The van der Waals surface area contributed by atoms with Crippen LogP contribution < -0.4 is 0 Å². The van der Waals surface area contributed by atoms with Crippen LogP contribution in [0.15, 0.2) is 0 Å². The van der Waals surface area contributed by atoms with Crippen molar-refractivity contribution in [2.75, 3.05) is 72.0 Å². The Hall–Kier alpha value is -0.210. The van der Waals surface area contributed by atoms with Crippen LogP contribution in [0.3, 0.4) is 0 Å². The number of rotatable bonds is 10. The summed E-state index contributed by atoms with van der Waals surface area (Å²) in [5, 5.41) is 57.7. The van der Waals surface area contributed by atoms with Crippen molar-refractivity contribution in [3.63, 3.8) is 0 Å². The van der Waals surface area contributed by atoms with Crippen molar-refractivity contribution < 1.29 is 45.0 Å². The molecule has 0 bridgehead atoms. The second kappa shape index (κ2) is 12.5. The quantitative estimate of drug-likeness (QED) is 0.155. The Labute approximate surface area is 164 Å². The van der Waals surface area contributed by atoms with E-state index in [1.54, 1.807) is 9.80 Å². The zero-order chi connectivity index (χ0) is 21.3. The third-order valence-corrected chi connectivity index (χ3v) is 5.81. The van der Waals surface area contributed by atoms with Gasteiger partial charge in [0.05, 0.1) is 50.7 Å². The molecule has 1 rings (SSSR count). The van der Waals surface area contributed by atoms with Crippen LogP contribution in [0.25, 0.3) is 0 Å². The molecule has 13 heteroatoms. The molecule has 1 aliphatic heterocycles. The largest absolute Gasteiger partial charge is 0.395 e. The van der Waals surface area contributed by atoms with Gasteiger partial charge in [-0.3, -0.25) is 19.3 Å². The molecule has 0 unspecified atom stereocenters. The first-order chi connectivity index (χ1) is 13.2. The molecule has 0 aromatic rings. The molecule has 0 aromatic carbocycles. The van der Waals surface area contributed by atoms with E-state index in [1.807, 2.05) is 0 Å². The molecule has 8 N–H and O–H groups in total. The lowest BCUT2D eigenvalue weighted by Gasteiger charge is -2.36. The first-order valence-corrected chi connectivity index (χ1v) is 11.0. The summed E-state index contributed by atoms with van der Waals surface area (Å²) >= 11 is 0. The molecule has 1 heterocycles. The molecule has 0 radical (unpaired) electrons. The predicted octanol–water partition coefficient (Wildman–Crippen LogP) is -4.53. The number of nitrogens with zero attached hydrogens (tertiary/aromatic N) is 3. The third-order valence-electron chi connectivity index (χ3n) is 5.04. The van der Waals surface area contributed by atoms with Crippen molar-refractivity contribution in [1.29, 1.82) is 0 Å². The molecular weight excluding hydrogens is 397 g/mol. The summed E-state index contributed by atoms with van der Waals surface area (Å²) in [6.45, 7) is -0.293. The van der Waals surface area contributed by atoms with Gasteiger partial charge in [-0.15, -0.1) is 0 Å². The average molecular weight is 431 g/mol. The average Bonchev–Trinajstić information content (AvgIpc) is 2.73. The van der Waals surface area contributed by atoms with Gasteiger partial charge >= 0.3 is 7.60 Å². The Morgan fingerprint density at radius 1 is 0.679 bits per heavy atom. The van der Waals surface area contributed by atoms with Gasteiger partial charge in [0.2, 0.25) is 0 Å². The highest BCUT2D eigenvalue weighted by atomic mass is 31.2. The van der Waals surface area contributed by atoms with Gasteiger partial charge in [0, 0.05) is 39.3 Å². The molecule has 1 aliphatic rings. The van der Waals surface area contributed by atoms with Crippen LogP contribution in [-0.4, -0.2) is 151 Å². The summed E-state index contributed by atoms with van der Waals surface area (Å²) in [6, 6.07) is -1.56. The van der Waals surface area contributed by atoms with E-state index >= 15 is 0 Å². The molecule has 1 saturated heterocycles. The van der Waals surface area contributed by atoms with Crippen molar-refractivity contribution >= 4 is 7.60 Å². The van der Waals surface area contributed by atoms with Crippen LogP contribution in [0, 0.1) is 0 Å². The summed E-state index contributed by atoms with van der Waals surface area (Å²) in [5.41, 5.74) is 0. The molecule has 0 saturated carbocycles. The number of aliphatic hydroxyl groups is 6. The standard InChI is InChI=1S/C15H34N3O9P/c19-7-12(14(23)9-21)17-3-1-16(11-28(25,26)27)2-4-18(6-5-17)13(8-20)15(24)10-22/h12-15,19-24H,1-11H2,(H2,25,26,27)/t12-,13-,14-,15-/m1/s1. The molecule has 0 spiro atoms. The summed E-state index contributed by atoms with van der Waals surface area (Å²) < 4.78 is 11.4. The fourth-order valence-corrected chi connectivity index (χ4v) is 4.21. The van der Waals surface area contributed by atoms with Crippen molar-refractivity contribution in [1.82, 2.24) is 14.7 Å². The van der Waals surface area contributed by atoms with Gasteiger partial charge in [-0.1, -0.05) is 0 Å². The fourth-order valence-electron chi connectivity index (χ4n) is 3.40. The van der Waals surface area contributed by atoms with Crippen molar-refractivity contribution in [3.8, 4) is 0 Å². The maximum atomic E-state index is 11.4. The summed E-state index contributed by atoms with van der Waals surface area (Å²) in [5.74, 6) is 0. The van der Waals surface area contributed by atoms with Crippen LogP contribution in [0.1, 0.15) is 0 Å². The van der Waals surface area contributed by atoms with Gasteiger partial charge in [0.15, 0.2) is 0 Å². The monoisotopic (exact) mass is 431 g/mol. The molecule has 28 heavy (non-hydrogen) atoms. The van der Waals surface area contributed by atoms with E-state index in [2.05, 4.69) is 0 Å². The van der Waals surface area contributed by atoms with E-state index in [4.69, 9.17) is 0 Å². The SMILES string of the molecule is O=P(O)(O)CN1CCN([C@H](CO)[C@H](O)CO)CCN([C@H](CO)[C@H](O)CO)CC1. The zero-order valence-electron chi connectivity index (χ0n) is 15.9. The maximum absolute atomic E-state index is 11.4. The molecule has 0 aliphatic carbocycles. The van der Waals surface area contributed by atoms with E-state index < -0.39 is 64.6 Å². The Morgan fingerprint density at radius 2 is 1.04 bits per heavy atom. The second-order valence-electron chi connectivity index (χ2n) is 7.00. The van der Waals surface area contributed by atoms with Crippen LogP contribution in [0.5, 0.6) is 0 Å². The molecule has 1 fully saturated rings. The molecule has 0 aromatic heterocycles. The van der Waals surface area contributed by atoms with E-state index in [9.17, 15) is 45.0 Å². The highest BCUT2D eigenvalue weighted by molar-refractivity contribution is 7.51. The Bertz CT molecular complexity index is 454. The highest BCUT2D eigenvalue weighted by Crippen LogP contribution is 2.35. The molecule has 168 valence electrons. The Kier molecular flexibility index (Phi) is 11.5. The van der Waals surface area contributed by atoms with E-state index in [1.165, 1.54) is 4.90 Å². The van der Waals surface area contributed by atoms with Gasteiger partial charge in [-0.05, 0) is 0 Å². The highest BCUT2D eigenvalue weighted by Gasteiger charge is 2.31. The van der Waals surface area contributed by atoms with Crippen LogP contribution >= 0.6 is 7.60 Å². The van der Waals surface area contributed by atoms with Crippen LogP contribution in [0.4, 0.5) is 0 Å². The number of hydrogen-bond acceptors (Lipinski definition) is 10. The minimum atomic E-state index is -4.32. The molecule has 12 nitrogen and oxygen atoms in total. The predicted molar refractivity (Wildman–Crippen MR) is 99.6 cm³/mol. The minimum absolute atomic E-state index is 0.250. The van der Waals surface area contributed by atoms with Crippen LogP contribution in [-0.2, 0) is 4.57 Å². The second-order valence-corrected chi connectivity index (χ2v) is 8.61. The topological polar surface area (TPSA) is 189 Å². The van der Waals surface area contributed by atoms with Crippen molar-refractivity contribution in [3.05, 3.63) is 0 Å². The van der Waals surface area contributed by atoms with Crippen molar-refractivity contribution in [2.24, 2.45) is 0 Å². The lowest BCUT2D eigenvalue weighted by atomic mass is 10.1. The van der Waals surface area contributed by atoms with E-state index in [-0.39, 0.29) is 26.2 Å². The Balaban J connectivity index is 3.04. The van der Waals surface area contributed by atoms with Gasteiger partial charge in [0.1, 0.15) is 6.29 Å². The molecule has 0 amide bonds. The third kappa shape index (κ3) is 8.27. The summed E-state index contributed by atoms with van der Waals surface area (Å²) in [4.78, 5) is 23.6. The van der Waals surface area contributed by atoms with Crippen molar-refractivity contribution in [2.45, 2.75) is 24.3 Å². The normalized spacial score (nSPS) is 23.4. The summed E-state index contributed by atoms with van der Waals surface area (Å²) in [7, 11) is -4.32. The van der Waals surface area contributed by atoms with E-state index in [0.717, 1.165) is 0 Å². The first kappa shape index (κ1) is 25.8. The Morgan fingerprint density at radius 3 is 1.32 bits per heavy atom. The minimum Gasteiger partial charge on any atom is -0.395 e. The van der Waals surface area contributed by atoms with Crippen LogP contribution in [0.2, 0.25) is 0 Å². The smallest absolute Gasteiger partial charge is 0.339 e. The number of hydrogen-bond donors (Lipinski definition) is 8. The zero-order valence-corrected chi connectivity index (χ0v) is 16.8. The molecular formula is C15H34N3O9P. The van der Waals surface area contributed by atoms with E-state index in [0.29, 0.717) is 13.1 Å². The van der Waals surface area contributed by atoms with Gasteiger partial charge in [-0.25, -0.2) is 0 Å². The van der Waals surface area contributed by atoms with Gasteiger partial charge in [0.25, 0.3) is 0 Å². The number of aliphatic hydroxyl groups excluding tert-OH is 6. The lowest BCUT2D eigenvalue weighted by Crippen LogP contribution is -2.53.